The first-order valence-corrected chi connectivity index (χ1v) is 8.53. The molecule has 120 valence electrons. The summed E-state index contributed by atoms with van der Waals surface area (Å²) in [4.78, 5) is 16.2. The molecule has 1 aliphatic carbocycles. The minimum atomic E-state index is 0.173. The second-order valence-electron chi connectivity index (χ2n) is 6.41. The zero-order valence-corrected chi connectivity index (χ0v) is 13.4. The van der Waals surface area contributed by atoms with Crippen LogP contribution in [0.3, 0.4) is 0 Å². The number of aryl methyl sites for hydroxylation is 1. The standard InChI is InChI=1S/C20H24N2O/c23-20(10-9-16-11-13-21-14-12-16)22-19-8-4-7-18(19)15-17-5-2-1-3-6-17/h1-3,5-6,11-14,18-19H,4,7-10,15H2,(H,22,23)/t18-,19+/m1/s1. The van der Waals surface area contributed by atoms with Gasteiger partial charge in [-0.15, -0.1) is 0 Å². The Morgan fingerprint density at radius 1 is 1.04 bits per heavy atom. The van der Waals surface area contributed by atoms with Crippen LogP contribution in [0.2, 0.25) is 0 Å². The van der Waals surface area contributed by atoms with Gasteiger partial charge in [0.05, 0.1) is 0 Å². The van der Waals surface area contributed by atoms with Gasteiger partial charge in [-0.05, 0) is 54.9 Å². The number of nitrogens with one attached hydrogen (secondary N) is 1. The highest BCUT2D eigenvalue weighted by atomic mass is 16.1. The van der Waals surface area contributed by atoms with Crippen molar-refractivity contribution in [1.29, 1.82) is 0 Å². The molecule has 0 unspecified atom stereocenters. The van der Waals surface area contributed by atoms with Crippen LogP contribution < -0.4 is 5.32 Å². The summed E-state index contributed by atoms with van der Waals surface area (Å²) in [5, 5.41) is 3.26. The van der Waals surface area contributed by atoms with Crippen molar-refractivity contribution in [3.63, 3.8) is 0 Å². The zero-order chi connectivity index (χ0) is 15.9. The number of aromatic nitrogens is 1. The Kier molecular flexibility index (Phi) is 5.41. The summed E-state index contributed by atoms with van der Waals surface area (Å²) in [6.07, 6.45) is 9.49. The maximum absolute atomic E-state index is 12.2. The van der Waals surface area contributed by atoms with E-state index in [1.165, 1.54) is 24.0 Å². The fourth-order valence-corrected chi connectivity index (χ4v) is 3.47. The van der Waals surface area contributed by atoms with E-state index >= 15 is 0 Å². The Labute approximate surface area is 138 Å². The lowest BCUT2D eigenvalue weighted by Gasteiger charge is -2.21. The van der Waals surface area contributed by atoms with Crippen molar-refractivity contribution in [2.24, 2.45) is 5.92 Å². The third-order valence-electron chi connectivity index (χ3n) is 4.74. The van der Waals surface area contributed by atoms with Crippen molar-refractivity contribution in [3.05, 3.63) is 66.0 Å². The molecule has 23 heavy (non-hydrogen) atoms. The van der Waals surface area contributed by atoms with Gasteiger partial charge in [-0.3, -0.25) is 9.78 Å². The fourth-order valence-electron chi connectivity index (χ4n) is 3.47. The molecule has 3 heteroatoms. The molecule has 0 bridgehead atoms. The maximum Gasteiger partial charge on any atom is 0.220 e. The van der Waals surface area contributed by atoms with Crippen LogP contribution in [0.15, 0.2) is 54.9 Å². The van der Waals surface area contributed by atoms with Crippen LogP contribution in [0.5, 0.6) is 0 Å². The number of pyridine rings is 1. The number of carbonyl (C=O) groups excluding carboxylic acids is 1. The number of carbonyl (C=O) groups is 1. The molecule has 1 fully saturated rings. The first-order valence-electron chi connectivity index (χ1n) is 8.53. The van der Waals surface area contributed by atoms with Crippen molar-refractivity contribution in [1.82, 2.24) is 10.3 Å². The molecule has 0 spiro atoms. The highest BCUT2D eigenvalue weighted by molar-refractivity contribution is 5.76. The molecule has 1 aromatic carbocycles. The van der Waals surface area contributed by atoms with Crippen LogP contribution in [0.1, 0.15) is 36.8 Å². The van der Waals surface area contributed by atoms with Gasteiger partial charge in [0.25, 0.3) is 0 Å². The number of nitrogens with zero attached hydrogens (tertiary/aromatic N) is 1. The first kappa shape index (κ1) is 15.7. The van der Waals surface area contributed by atoms with Crippen LogP contribution in [0, 0.1) is 5.92 Å². The number of amides is 1. The Morgan fingerprint density at radius 2 is 1.83 bits per heavy atom. The number of benzene rings is 1. The summed E-state index contributed by atoms with van der Waals surface area (Å²) < 4.78 is 0. The topological polar surface area (TPSA) is 42.0 Å². The van der Waals surface area contributed by atoms with Gasteiger partial charge in [0, 0.05) is 24.9 Å². The molecule has 2 aromatic rings. The van der Waals surface area contributed by atoms with Gasteiger partial charge in [0.15, 0.2) is 0 Å². The molecule has 1 saturated carbocycles. The van der Waals surface area contributed by atoms with Gasteiger partial charge >= 0.3 is 0 Å². The normalized spacial score (nSPS) is 20.3. The minimum Gasteiger partial charge on any atom is -0.353 e. The van der Waals surface area contributed by atoms with Gasteiger partial charge in [0.1, 0.15) is 0 Å². The van der Waals surface area contributed by atoms with Crippen molar-refractivity contribution in [2.45, 2.75) is 44.6 Å². The van der Waals surface area contributed by atoms with E-state index in [1.807, 2.05) is 12.1 Å². The highest BCUT2D eigenvalue weighted by Gasteiger charge is 2.28. The number of rotatable bonds is 6. The number of hydrogen-bond acceptors (Lipinski definition) is 2. The Balaban J connectivity index is 1.49. The first-order chi connectivity index (χ1) is 11.3. The second kappa shape index (κ2) is 7.91. The summed E-state index contributed by atoms with van der Waals surface area (Å²) in [7, 11) is 0. The Morgan fingerprint density at radius 3 is 2.61 bits per heavy atom. The van der Waals surface area contributed by atoms with Crippen LogP contribution in [-0.4, -0.2) is 16.9 Å². The van der Waals surface area contributed by atoms with E-state index in [0.717, 1.165) is 19.3 Å². The average molecular weight is 308 g/mol. The molecule has 1 aliphatic rings. The lowest BCUT2D eigenvalue weighted by Crippen LogP contribution is -2.38. The quantitative estimate of drug-likeness (QED) is 0.887. The Bertz CT molecular complexity index is 612. The van der Waals surface area contributed by atoms with Crippen molar-refractivity contribution >= 4 is 5.91 Å². The average Bonchev–Trinajstić information content (AvgIpc) is 3.02. The van der Waals surface area contributed by atoms with Gasteiger partial charge in [-0.2, -0.15) is 0 Å². The Hall–Kier alpha value is -2.16. The molecule has 0 aliphatic heterocycles. The van der Waals surface area contributed by atoms with E-state index in [9.17, 15) is 4.79 Å². The van der Waals surface area contributed by atoms with Crippen molar-refractivity contribution in [2.75, 3.05) is 0 Å². The van der Waals surface area contributed by atoms with Crippen molar-refractivity contribution < 1.29 is 4.79 Å². The molecular weight excluding hydrogens is 284 g/mol. The summed E-state index contributed by atoms with van der Waals surface area (Å²) in [5.41, 5.74) is 2.54. The zero-order valence-electron chi connectivity index (χ0n) is 13.4. The monoisotopic (exact) mass is 308 g/mol. The van der Waals surface area contributed by atoms with Gasteiger partial charge in [0.2, 0.25) is 5.91 Å². The summed E-state index contributed by atoms with van der Waals surface area (Å²) >= 11 is 0. The van der Waals surface area contributed by atoms with E-state index < -0.39 is 0 Å². The third kappa shape index (κ3) is 4.65. The smallest absolute Gasteiger partial charge is 0.220 e. The minimum absolute atomic E-state index is 0.173. The molecule has 1 N–H and O–H groups in total. The summed E-state index contributed by atoms with van der Waals surface area (Å²) in [5.74, 6) is 0.744. The molecule has 1 amide bonds. The molecule has 1 aromatic heterocycles. The van der Waals surface area contributed by atoms with Crippen molar-refractivity contribution in [3.8, 4) is 0 Å². The predicted octanol–water partition coefficient (Wildman–Crippen LogP) is 3.54. The summed E-state index contributed by atoms with van der Waals surface area (Å²) in [6, 6.07) is 14.9. The fraction of sp³-hybridized carbons (Fsp3) is 0.400. The maximum atomic E-state index is 12.2. The summed E-state index contributed by atoms with van der Waals surface area (Å²) in [6.45, 7) is 0. The molecule has 1 heterocycles. The van der Waals surface area contributed by atoms with Crippen LogP contribution >= 0.6 is 0 Å². The van der Waals surface area contributed by atoms with E-state index in [2.05, 4.69) is 40.6 Å². The molecule has 0 radical (unpaired) electrons. The predicted molar refractivity (Wildman–Crippen MR) is 92.0 cm³/mol. The largest absolute Gasteiger partial charge is 0.353 e. The molecule has 3 rings (SSSR count). The van der Waals surface area contributed by atoms with E-state index in [-0.39, 0.29) is 5.91 Å². The van der Waals surface area contributed by atoms with Crippen LogP contribution in [0.4, 0.5) is 0 Å². The number of hydrogen-bond donors (Lipinski definition) is 1. The van der Waals surface area contributed by atoms with Gasteiger partial charge in [-0.1, -0.05) is 36.8 Å². The molecule has 0 saturated heterocycles. The SMILES string of the molecule is O=C(CCc1ccncc1)N[C@H]1CCC[C@@H]1Cc1ccccc1. The lowest BCUT2D eigenvalue weighted by molar-refractivity contribution is -0.122. The van der Waals surface area contributed by atoms with E-state index in [4.69, 9.17) is 0 Å². The van der Waals surface area contributed by atoms with Gasteiger partial charge < -0.3 is 5.32 Å². The molecule has 2 atom stereocenters. The second-order valence-corrected chi connectivity index (χ2v) is 6.41. The van der Waals surface area contributed by atoms with Crippen LogP contribution in [-0.2, 0) is 17.6 Å². The third-order valence-corrected chi connectivity index (χ3v) is 4.74. The molecular formula is C20H24N2O. The molecule has 3 nitrogen and oxygen atoms in total. The highest BCUT2D eigenvalue weighted by Crippen LogP contribution is 2.29. The van der Waals surface area contributed by atoms with E-state index in [1.54, 1.807) is 12.4 Å². The van der Waals surface area contributed by atoms with Gasteiger partial charge in [-0.25, -0.2) is 0 Å². The van der Waals surface area contributed by atoms with Crippen LogP contribution in [0.25, 0.3) is 0 Å². The van der Waals surface area contributed by atoms with E-state index in [0.29, 0.717) is 18.4 Å². The lowest BCUT2D eigenvalue weighted by atomic mass is 9.94.